The van der Waals surface area contributed by atoms with E-state index in [4.69, 9.17) is 0 Å². The maximum Gasteiger partial charge on any atom is 0.254 e. The Balaban J connectivity index is 1.82. The number of rotatable bonds is 5. The SMILES string of the molecule is Cc1nc(C)c(Cc2cc(=O)[nH]c(NCc3cccnc3)n2)c(=O)[nH]1. The molecule has 3 N–H and O–H groups in total. The van der Waals surface area contributed by atoms with Crippen molar-refractivity contribution in [3.8, 4) is 0 Å². The fourth-order valence-electron chi connectivity index (χ4n) is 2.51. The fourth-order valence-corrected chi connectivity index (χ4v) is 2.51. The van der Waals surface area contributed by atoms with Crippen molar-refractivity contribution in [2.75, 3.05) is 5.32 Å². The van der Waals surface area contributed by atoms with Crippen LogP contribution >= 0.6 is 0 Å². The topological polar surface area (TPSA) is 116 Å². The Bertz CT molecular complexity index is 994. The second kappa shape index (κ2) is 7.08. The summed E-state index contributed by atoms with van der Waals surface area (Å²) in [5.74, 6) is 0.907. The maximum atomic E-state index is 12.1. The number of aromatic amines is 2. The molecular weight excluding hydrogens is 320 g/mol. The van der Waals surface area contributed by atoms with Crippen molar-refractivity contribution in [1.29, 1.82) is 0 Å². The van der Waals surface area contributed by atoms with Crippen LogP contribution < -0.4 is 16.4 Å². The zero-order chi connectivity index (χ0) is 17.8. The molecule has 3 heterocycles. The Labute approximate surface area is 143 Å². The van der Waals surface area contributed by atoms with Gasteiger partial charge in [0.1, 0.15) is 5.82 Å². The third-order valence-electron chi connectivity index (χ3n) is 3.68. The minimum absolute atomic E-state index is 0.211. The number of anilines is 1. The number of nitrogens with zero attached hydrogens (tertiary/aromatic N) is 3. The molecule has 0 aliphatic rings. The first-order chi connectivity index (χ1) is 12.0. The van der Waals surface area contributed by atoms with E-state index >= 15 is 0 Å². The van der Waals surface area contributed by atoms with E-state index in [9.17, 15) is 9.59 Å². The van der Waals surface area contributed by atoms with Crippen molar-refractivity contribution in [2.24, 2.45) is 0 Å². The number of aryl methyl sites for hydroxylation is 2. The first-order valence-corrected chi connectivity index (χ1v) is 7.80. The molecule has 0 spiro atoms. The van der Waals surface area contributed by atoms with Gasteiger partial charge in [0.25, 0.3) is 11.1 Å². The maximum absolute atomic E-state index is 12.1. The predicted molar refractivity (Wildman–Crippen MR) is 93.6 cm³/mol. The van der Waals surface area contributed by atoms with Crippen molar-refractivity contribution in [3.05, 3.63) is 79.6 Å². The van der Waals surface area contributed by atoms with Gasteiger partial charge >= 0.3 is 0 Å². The van der Waals surface area contributed by atoms with Crippen molar-refractivity contribution < 1.29 is 0 Å². The molecule has 0 aliphatic heterocycles. The third kappa shape index (κ3) is 4.17. The molecule has 0 aromatic carbocycles. The summed E-state index contributed by atoms with van der Waals surface area (Å²) in [5.41, 5.74) is 2.10. The molecule has 3 aromatic rings. The van der Waals surface area contributed by atoms with E-state index in [0.717, 1.165) is 5.56 Å². The molecule has 0 saturated heterocycles. The first-order valence-electron chi connectivity index (χ1n) is 7.80. The Morgan fingerprint density at radius 3 is 2.72 bits per heavy atom. The summed E-state index contributed by atoms with van der Waals surface area (Å²) in [5, 5.41) is 3.06. The molecule has 128 valence electrons. The molecule has 3 rings (SSSR count). The number of H-pyrrole nitrogens is 2. The van der Waals surface area contributed by atoms with Crippen LogP contribution in [-0.4, -0.2) is 24.9 Å². The monoisotopic (exact) mass is 338 g/mol. The van der Waals surface area contributed by atoms with Gasteiger partial charge in [0.05, 0.1) is 5.69 Å². The molecule has 25 heavy (non-hydrogen) atoms. The van der Waals surface area contributed by atoms with Gasteiger partial charge in [-0.05, 0) is 25.5 Å². The largest absolute Gasteiger partial charge is 0.352 e. The van der Waals surface area contributed by atoms with Gasteiger partial charge in [0, 0.05) is 42.7 Å². The second-order valence-electron chi connectivity index (χ2n) is 5.69. The van der Waals surface area contributed by atoms with Gasteiger partial charge in [-0.25, -0.2) is 9.97 Å². The molecule has 8 heteroatoms. The minimum Gasteiger partial charge on any atom is -0.352 e. The van der Waals surface area contributed by atoms with E-state index in [-0.39, 0.29) is 17.5 Å². The molecule has 0 bridgehead atoms. The molecule has 0 saturated carbocycles. The lowest BCUT2D eigenvalue weighted by atomic mass is 10.1. The average Bonchev–Trinajstić information content (AvgIpc) is 2.57. The van der Waals surface area contributed by atoms with E-state index in [1.807, 2.05) is 12.1 Å². The van der Waals surface area contributed by atoms with Crippen molar-refractivity contribution >= 4 is 5.95 Å². The van der Waals surface area contributed by atoms with E-state index in [1.165, 1.54) is 6.07 Å². The molecule has 0 atom stereocenters. The number of hydrogen-bond donors (Lipinski definition) is 3. The lowest BCUT2D eigenvalue weighted by Crippen LogP contribution is -2.20. The average molecular weight is 338 g/mol. The van der Waals surface area contributed by atoms with E-state index in [1.54, 1.807) is 26.2 Å². The summed E-state index contributed by atoms with van der Waals surface area (Å²) in [7, 11) is 0. The zero-order valence-corrected chi connectivity index (χ0v) is 14.0. The number of hydrogen-bond acceptors (Lipinski definition) is 6. The molecular formula is C17H18N6O2. The number of nitrogens with one attached hydrogen (secondary N) is 3. The highest BCUT2D eigenvalue weighted by molar-refractivity contribution is 5.30. The van der Waals surface area contributed by atoms with Crippen molar-refractivity contribution in [1.82, 2.24) is 24.9 Å². The molecule has 0 radical (unpaired) electrons. The number of pyridine rings is 1. The van der Waals surface area contributed by atoms with Crippen LogP contribution in [0.25, 0.3) is 0 Å². The van der Waals surface area contributed by atoms with Crippen LogP contribution in [0.15, 0.2) is 40.2 Å². The van der Waals surface area contributed by atoms with Gasteiger partial charge in [-0.2, -0.15) is 0 Å². The van der Waals surface area contributed by atoms with Crippen molar-refractivity contribution in [2.45, 2.75) is 26.8 Å². The summed E-state index contributed by atoms with van der Waals surface area (Å²) in [6.45, 7) is 3.97. The Hall–Kier alpha value is -3.29. The van der Waals surface area contributed by atoms with Crippen LogP contribution in [0.3, 0.4) is 0 Å². The van der Waals surface area contributed by atoms with Crippen LogP contribution in [0.2, 0.25) is 0 Å². The molecule has 0 unspecified atom stereocenters. The van der Waals surface area contributed by atoms with Gasteiger partial charge in [0.15, 0.2) is 0 Å². The zero-order valence-electron chi connectivity index (χ0n) is 14.0. The summed E-state index contributed by atoms with van der Waals surface area (Å²) < 4.78 is 0. The van der Waals surface area contributed by atoms with E-state index in [0.29, 0.717) is 35.3 Å². The molecule has 0 amide bonds. The molecule has 0 aliphatic carbocycles. The van der Waals surface area contributed by atoms with Crippen molar-refractivity contribution in [3.63, 3.8) is 0 Å². The minimum atomic E-state index is -0.284. The Morgan fingerprint density at radius 1 is 1.16 bits per heavy atom. The van der Waals surface area contributed by atoms with Crippen LogP contribution in [0.5, 0.6) is 0 Å². The van der Waals surface area contributed by atoms with Crippen LogP contribution in [0, 0.1) is 13.8 Å². The van der Waals surface area contributed by atoms with Gasteiger partial charge in [0.2, 0.25) is 5.95 Å². The normalized spacial score (nSPS) is 10.6. The fraction of sp³-hybridized carbons (Fsp3) is 0.235. The molecule has 0 fully saturated rings. The van der Waals surface area contributed by atoms with E-state index < -0.39 is 0 Å². The smallest absolute Gasteiger partial charge is 0.254 e. The van der Waals surface area contributed by atoms with Gasteiger partial charge < -0.3 is 10.3 Å². The quantitative estimate of drug-likeness (QED) is 0.641. The summed E-state index contributed by atoms with van der Waals surface area (Å²) >= 11 is 0. The Morgan fingerprint density at radius 2 is 2.00 bits per heavy atom. The molecule has 3 aromatic heterocycles. The van der Waals surface area contributed by atoms with Gasteiger partial charge in [-0.1, -0.05) is 6.07 Å². The molecule has 8 nitrogen and oxygen atoms in total. The Kier molecular flexibility index (Phi) is 4.69. The highest BCUT2D eigenvalue weighted by Gasteiger charge is 2.10. The highest BCUT2D eigenvalue weighted by atomic mass is 16.1. The summed E-state index contributed by atoms with van der Waals surface area (Å²) in [6.07, 6.45) is 3.66. The first kappa shape index (κ1) is 16.6. The van der Waals surface area contributed by atoms with Gasteiger partial charge in [-0.3, -0.25) is 19.6 Å². The van der Waals surface area contributed by atoms with Crippen LogP contribution in [-0.2, 0) is 13.0 Å². The lowest BCUT2D eigenvalue weighted by molar-refractivity contribution is 0.903. The second-order valence-corrected chi connectivity index (χ2v) is 5.69. The summed E-state index contributed by atoms with van der Waals surface area (Å²) in [4.78, 5) is 42.0. The summed E-state index contributed by atoms with van der Waals surface area (Å²) in [6, 6.07) is 5.14. The third-order valence-corrected chi connectivity index (χ3v) is 3.68. The number of aromatic nitrogens is 5. The lowest BCUT2D eigenvalue weighted by Gasteiger charge is -2.08. The predicted octanol–water partition coefficient (Wildman–Crippen LogP) is 1.07. The standard InChI is InChI=1S/C17H18N6O2/c1-10-14(16(25)21-11(2)20-10)6-13-7-15(24)23-17(22-13)19-9-12-4-3-5-18-8-12/h3-5,7-8H,6,9H2,1-2H3,(H,20,21,25)(H2,19,22,23,24). The van der Waals surface area contributed by atoms with Crippen LogP contribution in [0.4, 0.5) is 5.95 Å². The van der Waals surface area contributed by atoms with Crippen LogP contribution in [0.1, 0.15) is 28.3 Å². The van der Waals surface area contributed by atoms with Gasteiger partial charge in [-0.15, -0.1) is 0 Å². The van der Waals surface area contributed by atoms with E-state index in [2.05, 4.69) is 30.2 Å². The highest BCUT2D eigenvalue weighted by Crippen LogP contribution is 2.07.